The SMILES string of the molecule is COc1ccc(CCC(=O)N(C)CCOc2ccccc2F)c(OC)c1OC. The summed E-state index contributed by atoms with van der Waals surface area (Å²) in [6.07, 6.45) is 0.781. The predicted molar refractivity (Wildman–Crippen MR) is 104 cm³/mol. The molecule has 0 spiro atoms. The predicted octanol–water partition coefficient (Wildman–Crippen LogP) is 3.32. The van der Waals surface area contributed by atoms with E-state index in [1.165, 1.54) is 6.07 Å². The van der Waals surface area contributed by atoms with E-state index in [9.17, 15) is 9.18 Å². The van der Waals surface area contributed by atoms with Gasteiger partial charge in [-0.05, 0) is 30.2 Å². The molecule has 2 aromatic carbocycles. The molecule has 1 amide bonds. The molecule has 0 bridgehead atoms. The lowest BCUT2D eigenvalue weighted by Crippen LogP contribution is -2.31. The first-order chi connectivity index (χ1) is 13.5. The number of para-hydroxylation sites is 1. The first-order valence-electron chi connectivity index (χ1n) is 8.91. The molecular formula is C21H26FNO5. The normalized spacial score (nSPS) is 10.3. The Balaban J connectivity index is 1.90. The lowest BCUT2D eigenvalue weighted by molar-refractivity contribution is -0.130. The first-order valence-corrected chi connectivity index (χ1v) is 8.91. The van der Waals surface area contributed by atoms with E-state index in [0.29, 0.717) is 36.6 Å². The Hall–Kier alpha value is -2.96. The van der Waals surface area contributed by atoms with E-state index < -0.39 is 5.82 Å². The van der Waals surface area contributed by atoms with Crippen LogP contribution in [0.15, 0.2) is 36.4 Å². The molecule has 0 fully saturated rings. The van der Waals surface area contributed by atoms with Gasteiger partial charge in [-0.15, -0.1) is 0 Å². The Labute approximate surface area is 164 Å². The average Bonchev–Trinajstić information content (AvgIpc) is 2.72. The number of aryl methyl sites for hydroxylation is 1. The van der Waals surface area contributed by atoms with Gasteiger partial charge in [-0.1, -0.05) is 18.2 Å². The lowest BCUT2D eigenvalue weighted by atomic mass is 10.1. The number of amides is 1. The molecule has 152 valence electrons. The number of likely N-dealkylation sites (N-methyl/N-ethyl adjacent to an activating group) is 1. The number of rotatable bonds is 10. The molecule has 0 saturated heterocycles. The van der Waals surface area contributed by atoms with Crippen LogP contribution in [0.1, 0.15) is 12.0 Å². The molecule has 2 rings (SSSR count). The Kier molecular flexibility index (Phi) is 7.92. The Morgan fingerprint density at radius 2 is 1.68 bits per heavy atom. The van der Waals surface area contributed by atoms with Gasteiger partial charge >= 0.3 is 0 Å². The van der Waals surface area contributed by atoms with Crippen LogP contribution in [0.3, 0.4) is 0 Å². The summed E-state index contributed by atoms with van der Waals surface area (Å²) < 4.78 is 35.0. The fraction of sp³-hybridized carbons (Fsp3) is 0.381. The Morgan fingerprint density at radius 1 is 0.964 bits per heavy atom. The minimum Gasteiger partial charge on any atom is -0.493 e. The highest BCUT2D eigenvalue weighted by molar-refractivity contribution is 5.76. The first kappa shape index (κ1) is 21.3. The number of benzene rings is 2. The summed E-state index contributed by atoms with van der Waals surface area (Å²) in [6, 6.07) is 9.83. The van der Waals surface area contributed by atoms with Gasteiger partial charge < -0.3 is 23.8 Å². The molecule has 2 aromatic rings. The third kappa shape index (κ3) is 5.28. The quantitative estimate of drug-likeness (QED) is 0.622. The molecule has 0 atom stereocenters. The van der Waals surface area contributed by atoms with Crippen molar-refractivity contribution in [3.63, 3.8) is 0 Å². The van der Waals surface area contributed by atoms with E-state index >= 15 is 0 Å². The molecule has 0 heterocycles. The van der Waals surface area contributed by atoms with Crippen LogP contribution in [0.5, 0.6) is 23.0 Å². The lowest BCUT2D eigenvalue weighted by Gasteiger charge is -2.19. The van der Waals surface area contributed by atoms with Gasteiger partial charge in [-0.3, -0.25) is 4.79 Å². The molecule has 0 unspecified atom stereocenters. The molecule has 0 aliphatic carbocycles. The van der Waals surface area contributed by atoms with Crippen molar-refractivity contribution in [2.45, 2.75) is 12.8 Å². The van der Waals surface area contributed by atoms with E-state index in [0.717, 1.165) is 5.56 Å². The Morgan fingerprint density at radius 3 is 2.32 bits per heavy atom. The zero-order valence-electron chi connectivity index (χ0n) is 16.7. The largest absolute Gasteiger partial charge is 0.493 e. The second kappa shape index (κ2) is 10.4. The molecule has 28 heavy (non-hydrogen) atoms. The van der Waals surface area contributed by atoms with Crippen LogP contribution < -0.4 is 18.9 Å². The van der Waals surface area contributed by atoms with E-state index in [1.54, 1.807) is 57.5 Å². The summed E-state index contributed by atoms with van der Waals surface area (Å²) >= 11 is 0. The smallest absolute Gasteiger partial charge is 0.222 e. The van der Waals surface area contributed by atoms with Crippen LogP contribution >= 0.6 is 0 Å². The Bertz CT molecular complexity index is 796. The van der Waals surface area contributed by atoms with Gasteiger partial charge in [0.05, 0.1) is 27.9 Å². The third-order valence-electron chi connectivity index (χ3n) is 4.34. The summed E-state index contributed by atoms with van der Waals surface area (Å²) in [5.74, 6) is 1.34. The topological polar surface area (TPSA) is 57.2 Å². The molecular weight excluding hydrogens is 365 g/mol. The highest BCUT2D eigenvalue weighted by Gasteiger charge is 2.17. The van der Waals surface area contributed by atoms with Gasteiger partial charge in [-0.25, -0.2) is 4.39 Å². The zero-order valence-corrected chi connectivity index (χ0v) is 16.7. The van der Waals surface area contributed by atoms with Gasteiger partial charge in [0.2, 0.25) is 11.7 Å². The van der Waals surface area contributed by atoms with Crippen LogP contribution in [0.4, 0.5) is 4.39 Å². The number of carbonyl (C=O) groups excluding carboxylic acids is 1. The minimum absolute atomic E-state index is 0.0472. The van der Waals surface area contributed by atoms with Crippen molar-refractivity contribution in [3.8, 4) is 23.0 Å². The summed E-state index contributed by atoms with van der Waals surface area (Å²) in [6.45, 7) is 0.569. The number of ether oxygens (including phenoxy) is 4. The second-order valence-corrected chi connectivity index (χ2v) is 6.09. The summed E-state index contributed by atoms with van der Waals surface area (Å²) in [4.78, 5) is 14.0. The van der Waals surface area contributed by atoms with Crippen LogP contribution in [0.25, 0.3) is 0 Å². The highest BCUT2D eigenvalue weighted by Crippen LogP contribution is 2.40. The van der Waals surface area contributed by atoms with Crippen molar-refractivity contribution in [2.24, 2.45) is 0 Å². The van der Waals surface area contributed by atoms with Gasteiger partial charge in [0.1, 0.15) is 6.61 Å². The van der Waals surface area contributed by atoms with Gasteiger partial charge in [0.25, 0.3) is 0 Å². The maximum Gasteiger partial charge on any atom is 0.222 e. The number of hydrogen-bond donors (Lipinski definition) is 0. The standard InChI is InChI=1S/C21H26FNO5/c1-23(13-14-28-17-8-6-5-7-16(17)22)19(24)12-10-15-9-11-18(25-2)21(27-4)20(15)26-3/h5-9,11H,10,12-14H2,1-4H3. The van der Waals surface area contributed by atoms with E-state index in [4.69, 9.17) is 18.9 Å². The average molecular weight is 391 g/mol. The van der Waals surface area contributed by atoms with Crippen molar-refractivity contribution < 1.29 is 28.1 Å². The number of methoxy groups -OCH3 is 3. The number of halogens is 1. The summed E-state index contributed by atoms with van der Waals surface area (Å²) in [5, 5.41) is 0. The second-order valence-electron chi connectivity index (χ2n) is 6.09. The molecule has 0 radical (unpaired) electrons. The molecule has 7 heteroatoms. The van der Waals surface area contributed by atoms with Crippen molar-refractivity contribution in [1.82, 2.24) is 4.90 Å². The fourth-order valence-electron chi connectivity index (χ4n) is 2.77. The maximum absolute atomic E-state index is 13.5. The van der Waals surface area contributed by atoms with Gasteiger partial charge in [0.15, 0.2) is 23.1 Å². The van der Waals surface area contributed by atoms with E-state index in [1.807, 2.05) is 6.07 Å². The van der Waals surface area contributed by atoms with Gasteiger partial charge in [0, 0.05) is 13.5 Å². The van der Waals surface area contributed by atoms with Crippen LogP contribution in [0, 0.1) is 5.82 Å². The molecule has 0 aromatic heterocycles. The van der Waals surface area contributed by atoms with Crippen LogP contribution in [-0.2, 0) is 11.2 Å². The molecule has 0 saturated carbocycles. The summed E-state index contributed by atoms with van der Waals surface area (Å²) in [5.41, 5.74) is 0.851. The third-order valence-corrected chi connectivity index (χ3v) is 4.34. The maximum atomic E-state index is 13.5. The van der Waals surface area contributed by atoms with E-state index in [2.05, 4.69) is 0 Å². The van der Waals surface area contributed by atoms with E-state index in [-0.39, 0.29) is 18.3 Å². The van der Waals surface area contributed by atoms with Crippen molar-refractivity contribution >= 4 is 5.91 Å². The number of nitrogens with zero attached hydrogens (tertiary/aromatic N) is 1. The molecule has 0 aliphatic rings. The molecule has 0 aliphatic heterocycles. The number of carbonyl (C=O) groups is 1. The summed E-state index contributed by atoms with van der Waals surface area (Å²) in [7, 11) is 6.34. The zero-order chi connectivity index (χ0) is 20.5. The fourth-order valence-corrected chi connectivity index (χ4v) is 2.77. The molecule has 6 nitrogen and oxygen atoms in total. The monoisotopic (exact) mass is 391 g/mol. The van der Waals surface area contributed by atoms with Crippen molar-refractivity contribution in [3.05, 3.63) is 47.8 Å². The highest BCUT2D eigenvalue weighted by atomic mass is 19.1. The van der Waals surface area contributed by atoms with Crippen LogP contribution in [-0.4, -0.2) is 52.3 Å². The molecule has 0 N–H and O–H groups in total. The number of hydrogen-bond acceptors (Lipinski definition) is 5. The van der Waals surface area contributed by atoms with Crippen LogP contribution in [0.2, 0.25) is 0 Å². The van der Waals surface area contributed by atoms with Gasteiger partial charge in [-0.2, -0.15) is 0 Å². The van der Waals surface area contributed by atoms with Crippen molar-refractivity contribution in [2.75, 3.05) is 41.5 Å². The van der Waals surface area contributed by atoms with Crippen molar-refractivity contribution in [1.29, 1.82) is 0 Å². The minimum atomic E-state index is -0.419.